The van der Waals surface area contributed by atoms with Crippen LogP contribution in [0.4, 0.5) is 17.1 Å². The Kier molecular flexibility index (Phi) is 7.18. The molecule has 9 aromatic carbocycles. The highest BCUT2D eigenvalue weighted by Crippen LogP contribution is 2.48. The highest BCUT2D eigenvalue weighted by molar-refractivity contribution is 6.17. The maximum absolute atomic E-state index is 6.51. The normalized spacial score (nSPS) is 11.5. The number of hydrogen-bond acceptors (Lipinski definition) is 2. The van der Waals surface area contributed by atoms with Crippen LogP contribution in [0.1, 0.15) is 0 Å². The number of rotatable bonds is 6. The van der Waals surface area contributed by atoms with E-state index < -0.39 is 0 Å². The summed E-state index contributed by atoms with van der Waals surface area (Å²) in [5, 5.41) is 7.16. The van der Waals surface area contributed by atoms with Crippen molar-refractivity contribution in [3.05, 3.63) is 200 Å². The summed E-state index contributed by atoms with van der Waals surface area (Å²) in [5.41, 5.74) is 12.1. The molecule has 1 heterocycles. The van der Waals surface area contributed by atoms with Gasteiger partial charge in [-0.05, 0) is 91.8 Å². The van der Waals surface area contributed by atoms with E-state index in [1.807, 2.05) is 6.07 Å². The molecule has 0 bridgehead atoms. The number of hydrogen-bond donors (Lipinski definition) is 0. The van der Waals surface area contributed by atoms with Crippen LogP contribution in [0, 0.1) is 0 Å². The van der Waals surface area contributed by atoms with Crippen molar-refractivity contribution in [3.8, 4) is 33.4 Å². The van der Waals surface area contributed by atoms with Gasteiger partial charge in [0.05, 0.1) is 11.1 Å². The van der Waals surface area contributed by atoms with Gasteiger partial charge >= 0.3 is 0 Å². The average Bonchev–Trinajstić information content (AvgIpc) is 3.60. The van der Waals surface area contributed by atoms with E-state index in [9.17, 15) is 0 Å². The summed E-state index contributed by atoms with van der Waals surface area (Å²) in [5.74, 6) is 0. The van der Waals surface area contributed by atoms with E-state index in [0.717, 1.165) is 50.1 Å². The first kappa shape index (κ1) is 30.0. The highest BCUT2D eigenvalue weighted by Gasteiger charge is 2.24. The Balaban J connectivity index is 1.21. The number of para-hydroxylation sites is 1. The van der Waals surface area contributed by atoms with Gasteiger partial charge in [0.25, 0.3) is 0 Å². The monoisotopic (exact) mass is 663 g/mol. The van der Waals surface area contributed by atoms with E-state index in [1.54, 1.807) is 0 Å². The fourth-order valence-corrected chi connectivity index (χ4v) is 7.82. The molecule has 10 aromatic rings. The van der Waals surface area contributed by atoms with Gasteiger partial charge in [-0.2, -0.15) is 0 Å². The molecular weight excluding hydrogens is 631 g/mol. The number of fused-ring (bicyclic) bond motifs is 5. The predicted octanol–water partition coefficient (Wildman–Crippen LogP) is 14.4. The molecule has 0 amide bonds. The molecular formula is C50H33NO. The first-order chi connectivity index (χ1) is 25.8. The third-order valence-corrected chi connectivity index (χ3v) is 10.3. The van der Waals surface area contributed by atoms with Crippen molar-refractivity contribution >= 4 is 60.5 Å². The second-order valence-electron chi connectivity index (χ2n) is 13.3. The Morgan fingerprint density at radius 3 is 1.38 bits per heavy atom. The van der Waals surface area contributed by atoms with Crippen molar-refractivity contribution in [1.82, 2.24) is 0 Å². The van der Waals surface area contributed by atoms with Crippen LogP contribution in [-0.2, 0) is 0 Å². The summed E-state index contributed by atoms with van der Waals surface area (Å²) in [7, 11) is 0. The minimum atomic E-state index is 0.862. The Hall–Kier alpha value is -6.90. The maximum Gasteiger partial charge on any atom is 0.137 e. The van der Waals surface area contributed by atoms with Gasteiger partial charge in [-0.3, -0.25) is 0 Å². The van der Waals surface area contributed by atoms with E-state index in [1.165, 1.54) is 43.8 Å². The summed E-state index contributed by atoms with van der Waals surface area (Å²) < 4.78 is 6.51. The van der Waals surface area contributed by atoms with Crippen molar-refractivity contribution in [3.63, 3.8) is 0 Å². The first-order valence-corrected chi connectivity index (χ1v) is 17.8. The molecule has 0 fully saturated rings. The van der Waals surface area contributed by atoms with Crippen LogP contribution in [0.5, 0.6) is 0 Å². The van der Waals surface area contributed by atoms with Gasteiger partial charge in [-0.25, -0.2) is 0 Å². The molecule has 244 valence electrons. The Morgan fingerprint density at radius 2 is 0.788 bits per heavy atom. The summed E-state index contributed by atoms with van der Waals surface area (Å²) in [6.07, 6.45) is 0. The number of furan rings is 1. The lowest BCUT2D eigenvalue weighted by molar-refractivity contribution is 0.669. The van der Waals surface area contributed by atoms with Crippen LogP contribution in [-0.4, -0.2) is 0 Å². The SMILES string of the molecule is c1ccc(-c2ccc3oc4ccccc4c3c2N(c2ccc(-c3cccc4ccccc34)cc2)c2ccc(-c3cccc4ccccc34)cc2)cc1. The molecule has 2 heteroatoms. The zero-order valence-electron chi connectivity index (χ0n) is 28.4. The Morgan fingerprint density at radius 1 is 0.308 bits per heavy atom. The van der Waals surface area contributed by atoms with Crippen LogP contribution in [0.3, 0.4) is 0 Å². The number of nitrogens with zero attached hydrogens (tertiary/aromatic N) is 1. The lowest BCUT2D eigenvalue weighted by atomic mass is 9.95. The van der Waals surface area contributed by atoms with Crippen LogP contribution >= 0.6 is 0 Å². The minimum absolute atomic E-state index is 0.862. The van der Waals surface area contributed by atoms with Gasteiger partial charge < -0.3 is 9.32 Å². The molecule has 0 aliphatic rings. The van der Waals surface area contributed by atoms with Crippen molar-refractivity contribution in [2.75, 3.05) is 4.90 Å². The molecule has 0 saturated carbocycles. The molecule has 0 radical (unpaired) electrons. The number of benzene rings is 9. The fourth-order valence-electron chi connectivity index (χ4n) is 7.82. The molecule has 0 atom stereocenters. The lowest BCUT2D eigenvalue weighted by Crippen LogP contribution is -2.12. The molecule has 0 saturated heterocycles. The second kappa shape index (κ2) is 12.5. The van der Waals surface area contributed by atoms with E-state index >= 15 is 0 Å². The predicted molar refractivity (Wildman–Crippen MR) is 220 cm³/mol. The van der Waals surface area contributed by atoms with E-state index in [4.69, 9.17) is 4.42 Å². The standard InChI is InChI=1S/C50H33NO/c1-2-12-36(13-3-1)45-32-33-48-49(46-20-8-9-23-47(46)52-48)50(45)51(39-28-24-37(25-29-39)43-21-10-16-34-14-4-6-18-41(34)43)40-30-26-38(27-31-40)44-22-11-17-35-15-5-7-19-42(35)44/h1-33H. The topological polar surface area (TPSA) is 16.4 Å². The summed E-state index contributed by atoms with van der Waals surface area (Å²) in [4.78, 5) is 2.41. The molecule has 0 aliphatic carbocycles. The molecule has 1 aromatic heterocycles. The summed E-state index contributed by atoms with van der Waals surface area (Å²) in [6, 6.07) is 71.7. The largest absolute Gasteiger partial charge is 0.456 e. The molecule has 0 spiro atoms. The van der Waals surface area contributed by atoms with Gasteiger partial charge in [0.2, 0.25) is 0 Å². The van der Waals surface area contributed by atoms with Crippen LogP contribution < -0.4 is 4.90 Å². The quantitative estimate of drug-likeness (QED) is 0.176. The second-order valence-corrected chi connectivity index (χ2v) is 13.3. The van der Waals surface area contributed by atoms with E-state index in [2.05, 4.69) is 199 Å². The fraction of sp³-hybridized carbons (Fsp3) is 0. The molecule has 0 aliphatic heterocycles. The highest BCUT2D eigenvalue weighted by atomic mass is 16.3. The van der Waals surface area contributed by atoms with Crippen LogP contribution in [0.15, 0.2) is 205 Å². The molecule has 0 unspecified atom stereocenters. The zero-order valence-corrected chi connectivity index (χ0v) is 28.4. The van der Waals surface area contributed by atoms with Gasteiger partial charge in [0.1, 0.15) is 11.2 Å². The van der Waals surface area contributed by atoms with Crippen molar-refractivity contribution in [2.24, 2.45) is 0 Å². The van der Waals surface area contributed by atoms with Crippen LogP contribution in [0.25, 0.3) is 76.9 Å². The third kappa shape index (κ3) is 5.04. The van der Waals surface area contributed by atoms with E-state index in [0.29, 0.717) is 0 Å². The van der Waals surface area contributed by atoms with Crippen LogP contribution in [0.2, 0.25) is 0 Å². The van der Waals surface area contributed by atoms with Gasteiger partial charge in [-0.15, -0.1) is 0 Å². The van der Waals surface area contributed by atoms with Crippen molar-refractivity contribution < 1.29 is 4.42 Å². The van der Waals surface area contributed by atoms with E-state index in [-0.39, 0.29) is 0 Å². The summed E-state index contributed by atoms with van der Waals surface area (Å²) >= 11 is 0. The van der Waals surface area contributed by atoms with Crippen molar-refractivity contribution in [1.29, 1.82) is 0 Å². The van der Waals surface area contributed by atoms with Crippen molar-refractivity contribution in [2.45, 2.75) is 0 Å². The zero-order chi connectivity index (χ0) is 34.4. The van der Waals surface area contributed by atoms with Gasteiger partial charge in [0, 0.05) is 22.3 Å². The Labute approximate surface area is 302 Å². The Bertz CT molecular complexity index is 2750. The summed E-state index contributed by atoms with van der Waals surface area (Å²) in [6.45, 7) is 0. The molecule has 2 nitrogen and oxygen atoms in total. The maximum atomic E-state index is 6.51. The molecule has 0 N–H and O–H groups in total. The average molecular weight is 664 g/mol. The number of anilines is 3. The minimum Gasteiger partial charge on any atom is -0.456 e. The first-order valence-electron chi connectivity index (χ1n) is 17.8. The van der Waals surface area contributed by atoms with Gasteiger partial charge in [0.15, 0.2) is 0 Å². The molecule has 52 heavy (non-hydrogen) atoms. The van der Waals surface area contributed by atoms with Gasteiger partial charge in [-0.1, -0.05) is 158 Å². The third-order valence-electron chi connectivity index (χ3n) is 10.3. The molecule has 10 rings (SSSR count). The lowest BCUT2D eigenvalue weighted by Gasteiger charge is -2.29. The smallest absolute Gasteiger partial charge is 0.137 e.